The van der Waals surface area contributed by atoms with E-state index >= 15 is 0 Å². The smallest absolute Gasteiger partial charge is 0.109 e. The Hall–Kier alpha value is -1.02. The molecule has 0 saturated heterocycles. The molecule has 0 amide bonds. The summed E-state index contributed by atoms with van der Waals surface area (Å²) < 4.78 is 5.20. The fraction of sp³-hybridized carbons (Fsp3) is 0.400. The molecule has 0 fully saturated rings. The molecule has 1 aromatic heterocycles. The van der Waals surface area contributed by atoms with E-state index in [1.54, 1.807) is 6.26 Å². The predicted octanol–water partition coefficient (Wildman–Crippen LogP) is 2.18. The Morgan fingerprint density at radius 1 is 1.75 bits per heavy atom. The lowest BCUT2D eigenvalue weighted by Gasteiger charge is -2.15. The van der Waals surface area contributed by atoms with Gasteiger partial charge in [-0.2, -0.15) is 0 Å². The number of hydrogen-bond donors (Lipinski definition) is 1. The molecular weight excluding hydrogens is 152 g/mol. The van der Waals surface area contributed by atoms with Crippen molar-refractivity contribution >= 4 is 0 Å². The van der Waals surface area contributed by atoms with Crippen LogP contribution in [0.15, 0.2) is 35.5 Å². The van der Waals surface area contributed by atoms with Gasteiger partial charge < -0.3 is 9.52 Å². The van der Waals surface area contributed by atoms with Crippen LogP contribution in [0.25, 0.3) is 0 Å². The van der Waals surface area contributed by atoms with Crippen LogP contribution in [0.2, 0.25) is 0 Å². The number of furan rings is 1. The molecule has 0 radical (unpaired) electrons. The van der Waals surface area contributed by atoms with Gasteiger partial charge in [0, 0.05) is 5.92 Å². The molecule has 2 atom stereocenters. The monoisotopic (exact) mass is 166 g/mol. The molecule has 0 spiro atoms. The van der Waals surface area contributed by atoms with Gasteiger partial charge >= 0.3 is 0 Å². The van der Waals surface area contributed by atoms with E-state index in [-0.39, 0.29) is 18.4 Å². The Morgan fingerprint density at radius 2 is 2.50 bits per heavy atom. The Bertz CT molecular complexity index is 226. The van der Waals surface area contributed by atoms with Crippen LogP contribution >= 0.6 is 0 Å². The summed E-state index contributed by atoms with van der Waals surface area (Å²) in [6, 6.07) is 3.70. The largest absolute Gasteiger partial charge is 0.469 e. The van der Waals surface area contributed by atoms with Crippen molar-refractivity contribution in [2.45, 2.75) is 12.8 Å². The Balaban J connectivity index is 2.75. The predicted molar refractivity (Wildman–Crippen MR) is 47.9 cm³/mol. The maximum atomic E-state index is 9.09. The molecule has 0 aliphatic carbocycles. The average Bonchev–Trinajstić information content (AvgIpc) is 2.58. The van der Waals surface area contributed by atoms with Crippen molar-refractivity contribution in [3.05, 3.63) is 36.8 Å². The first-order valence-corrected chi connectivity index (χ1v) is 4.06. The number of allylic oxidation sites excluding steroid dienone is 1. The van der Waals surface area contributed by atoms with Gasteiger partial charge in [-0.15, -0.1) is 6.58 Å². The highest BCUT2D eigenvalue weighted by molar-refractivity contribution is 5.08. The maximum Gasteiger partial charge on any atom is 0.109 e. The van der Waals surface area contributed by atoms with Gasteiger partial charge in [0.2, 0.25) is 0 Å². The van der Waals surface area contributed by atoms with Crippen molar-refractivity contribution in [2.24, 2.45) is 5.92 Å². The van der Waals surface area contributed by atoms with Crippen molar-refractivity contribution in [3.8, 4) is 0 Å². The van der Waals surface area contributed by atoms with Gasteiger partial charge in [0.15, 0.2) is 0 Å². The van der Waals surface area contributed by atoms with Crippen molar-refractivity contribution in [1.29, 1.82) is 0 Å². The van der Waals surface area contributed by atoms with E-state index in [4.69, 9.17) is 9.52 Å². The molecule has 2 heteroatoms. The fourth-order valence-electron chi connectivity index (χ4n) is 1.18. The van der Waals surface area contributed by atoms with Crippen LogP contribution in [0.3, 0.4) is 0 Å². The third-order valence-electron chi connectivity index (χ3n) is 2.11. The third-order valence-corrected chi connectivity index (χ3v) is 2.11. The molecule has 1 heterocycles. The van der Waals surface area contributed by atoms with Crippen LogP contribution in [0.4, 0.5) is 0 Å². The number of aliphatic hydroxyl groups excluding tert-OH is 1. The highest BCUT2D eigenvalue weighted by atomic mass is 16.3. The Kier molecular flexibility index (Phi) is 3.11. The zero-order chi connectivity index (χ0) is 8.97. The number of hydrogen-bond acceptors (Lipinski definition) is 2. The highest BCUT2D eigenvalue weighted by Gasteiger charge is 2.17. The van der Waals surface area contributed by atoms with Gasteiger partial charge in [-0.05, 0) is 18.1 Å². The molecule has 2 unspecified atom stereocenters. The molecule has 0 aliphatic heterocycles. The van der Waals surface area contributed by atoms with Crippen molar-refractivity contribution in [3.63, 3.8) is 0 Å². The van der Waals surface area contributed by atoms with E-state index in [1.807, 2.05) is 25.1 Å². The van der Waals surface area contributed by atoms with E-state index in [0.717, 1.165) is 5.76 Å². The van der Waals surface area contributed by atoms with Gasteiger partial charge in [0.25, 0.3) is 0 Å². The van der Waals surface area contributed by atoms with E-state index < -0.39 is 0 Å². The summed E-state index contributed by atoms with van der Waals surface area (Å²) in [5.74, 6) is 1.10. The second-order valence-corrected chi connectivity index (χ2v) is 2.90. The van der Waals surface area contributed by atoms with Crippen LogP contribution in [0.1, 0.15) is 18.6 Å². The molecule has 66 valence electrons. The first-order valence-electron chi connectivity index (χ1n) is 4.06. The fourth-order valence-corrected chi connectivity index (χ4v) is 1.18. The Labute approximate surface area is 72.5 Å². The van der Waals surface area contributed by atoms with E-state index in [1.165, 1.54) is 0 Å². The quantitative estimate of drug-likeness (QED) is 0.695. The second-order valence-electron chi connectivity index (χ2n) is 2.90. The van der Waals surface area contributed by atoms with Crippen LogP contribution in [-0.4, -0.2) is 11.7 Å². The normalized spacial score (nSPS) is 15.5. The van der Waals surface area contributed by atoms with Gasteiger partial charge in [-0.1, -0.05) is 13.0 Å². The van der Waals surface area contributed by atoms with Crippen LogP contribution in [0, 0.1) is 5.92 Å². The lowest BCUT2D eigenvalue weighted by molar-refractivity contribution is 0.227. The summed E-state index contributed by atoms with van der Waals surface area (Å²) in [4.78, 5) is 0. The molecule has 2 nitrogen and oxygen atoms in total. The standard InChI is InChI=1S/C10H14O2/c1-3-8(2)9(7-11)10-5-4-6-12-10/h3-6,8-9,11H,1,7H2,2H3. The average molecular weight is 166 g/mol. The molecule has 1 rings (SSSR count). The summed E-state index contributed by atoms with van der Waals surface area (Å²) in [5, 5.41) is 9.09. The van der Waals surface area contributed by atoms with E-state index in [2.05, 4.69) is 6.58 Å². The minimum atomic E-state index is 0.0394. The minimum Gasteiger partial charge on any atom is -0.469 e. The molecule has 1 aromatic rings. The van der Waals surface area contributed by atoms with Crippen molar-refractivity contribution in [1.82, 2.24) is 0 Å². The summed E-state index contributed by atoms with van der Waals surface area (Å²) in [5.41, 5.74) is 0. The maximum absolute atomic E-state index is 9.09. The lowest BCUT2D eigenvalue weighted by atomic mass is 9.93. The van der Waals surface area contributed by atoms with Crippen LogP contribution < -0.4 is 0 Å². The van der Waals surface area contributed by atoms with Crippen LogP contribution in [-0.2, 0) is 0 Å². The molecular formula is C10H14O2. The second kappa shape index (κ2) is 4.12. The van der Waals surface area contributed by atoms with Crippen molar-refractivity contribution in [2.75, 3.05) is 6.61 Å². The number of aliphatic hydroxyl groups is 1. The summed E-state index contributed by atoms with van der Waals surface area (Å²) in [6.45, 7) is 5.79. The SMILES string of the molecule is C=CC(C)C(CO)c1ccco1. The van der Waals surface area contributed by atoms with Gasteiger partial charge in [0.05, 0.1) is 12.9 Å². The summed E-state index contributed by atoms with van der Waals surface area (Å²) >= 11 is 0. The first-order chi connectivity index (χ1) is 5.79. The molecule has 0 bridgehead atoms. The third kappa shape index (κ3) is 1.77. The summed E-state index contributed by atoms with van der Waals surface area (Å²) in [7, 11) is 0. The Morgan fingerprint density at radius 3 is 2.92 bits per heavy atom. The first kappa shape index (κ1) is 9.07. The van der Waals surface area contributed by atoms with Gasteiger partial charge in [0.1, 0.15) is 5.76 Å². The molecule has 0 aromatic carbocycles. The topological polar surface area (TPSA) is 33.4 Å². The summed E-state index contributed by atoms with van der Waals surface area (Å²) in [6.07, 6.45) is 3.44. The zero-order valence-electron chi connectivity index (χ0n) is 7.23. The minimum absolute atomic E-state index is 0.0394. The van der Waals surface area contributed by atoms with Crippen molar-refractivity contribution < 1.29 is 9.52 Å². The van der Waals surface area contributed by atoms with Gasteiger partial charge in [-0.25, -0.2) is 0 Å². The van der Waals surface area contributed by atoms with Crippen LogP contribution in [0.5, 0.6) is 0 Å². The lowest BCUT2D eigenvalue weighted by Crippen LogP contribution is -2.10. The number of rotatable bonds is 4. The molecule has 1 N–H and O–H groups in total. The molecule has 12 heavy (non-hydrogen) atoms. The molecule has 0 saturated carbocycles. The highest BCUT2D eigenvalue weighted by Crippen LogP contribution is 2.24. The van der Waals surface area contributed by atoms with E-state index in [9.17, 15) is 0 Å². The zero-order valence-corrected chi connectivity index (χ0v) is 7.23. The molecule has 0 aliphatic rings. The van der Waals surface area contributed by atoms with Gasteiger partial charge in [-0.3, -0.25) is 0 Å². The van der Waals surface area contributed by atoms with E-state index in [0.29, 0.717) is 0 Å².